The van der Waals surface area contributed by atoms with E-state index >= 15 is 0 Å². The molecule has 6 nitrogen and oxygen atoms in total. The summed E-state index contributed by atoms with van der Waals surface area (Å²) in [6.07, 6.45) is 79.6. The summed E-state index contributed by atoms with van der Waals surface area (Å²) in [4.78, 5) is 38.1. The van der Waals surface area contributed by atoms with Crippen LogP contribution in [0.2, 0.25) is 0 Å². The molecule has 0 saturated carbocycles. The van der Waals surface area contributed by atoms with Crippen LogP contribution in [0.4, 0.5) is 0 Å². The van der Waals surface area contributed by atoms with Crippen LogP contribution in [0.25, 0.3) is 0 Å². The predicted octanol–water partition coefficient (Wildman–Crippen LogP) is 18.4. The summed E-state index contributed by atoms with van der Waals surface area (Å²) in [7, 11) is 0. The van der Waals surface area contributed by atoms with Crippen LogP contribution in [-0.2, 0) is 28.6 Å². The van der Waals surface area contributed by atoms with Gasteiger partial charge in [0, 0.05) is 19.3 Å². The van der Waals surface area contributed by atoms with Gasteiger partial charge in [-0.2, -0.15) is 0 Å². The second-order valence-corrected chi connectivity index (χ2v) is 17.6. The molecule has 386 valence electrons. The first-order chi connectivity index (χ1) is 34.0. The number of carbonyl (C=O) groups excluding carboxylic acids is 3. The minimum atomic E-state index is -0.823. The van der Waals surface area contributed by atoms with Crippen LogP contribution in [0.3, 0.4) is 0 Å². The first-order valence-electron chi connectivity index (χ1n) is 27.5. The van der Waals surface area contributed by atoms with Crippen LogP contribution in [-0.4, -0.2) is 37.2 Å². The molecule has 0 bridgehead atoms. The van der Waals surface area contributed by atoms with Gasteiger partial charge in [0.15, 0.2) is 6.10 Å². The molecular weight excluding hydrogens is 853 g/mol. The average Bonchev–Trinajstić information content (AvgIpc) is 3.35. The van der Waals surface area contributed by atoms with Gasteiger partial charge in [0.2, 0.25) is 0 Å². The first kappa shape index (κ1) is 64.3. The van der Waals surface area contributed by atoms with Gasteiger partial charge >= 0.3 is 17.9 Å². The van der Waals surface area contributed by atoms with Gasteiger partial charge in [-0.1, -0.05) is 244 Å². The van der Waals surface area contributed by atoms with E-state index in [9.17, 15) is 14.4 Å². The topological polar surface area (TPSA) is 78.9 Å². The van der Waals surface area contributed by atoms with Crippen molar-refractivity contribution in [2.75, 3.05) is 13.2 Å². The Morgan fingerprint density at radius 1 is 0.319 bits per heavy atom. The lowest BCUT2D eigenvalue weighted by atomic mass is 10.1. The Morgan fingerprint density at radius 2 is 0.638 bits per heavy atom. The molecule has 0 N–H and O–H groups in total. The summed E-state index contributed by atoms with van der Waals surface area (Å²) in [5.74, 6) is -1.00. The second kappa shape index (κ2) is 55.9. The molecule has 0 aromatic heterocycles. The Morgan fingerprint density at radius 3 is 1.07 bits per heavy atom. The summed E-state index contributed by atoms with van der Waals surface area (Å²) >= 11 is 0. The van der Waals surface area contributed by atoms with Gasteiger partial charge in [-0.05, 0) is 96.3 Å². The van der Waals surface area contributed by atoms with Crippen LogP contribution < -0.4 is 0 Å². The van der Waals surface area contributed by atoms with Gasteiger partial charge in [0.1, 0.15) is 13.2 Å². The van der Waals surface area contributed by atoms with Crippen molar-refractivity contribution in [2.24, 2.45) is 0 Å². The molecule has 1 unspecified atom stereocenters. The fraction of sp³-hybridized carbons (Fsp3) is 0.571. The average molecular weight is 951 g/mol. The van der Waals surface area contributed by atoms with Gasteiger partial charge in [0.05, 0.1) is 0 Å². The lowest BCUT2D eigenvalue weighted by Crippen LogP contribution is -2.30. The monoisotopic (exact) mass is 951 g/mol. The van der Waals surface area contributed by atoms with Crippen LogP contribution in [0.15, 0.2) is 146 Å². The van der Waals surface area contributed by atoms with E-state index in [-0.39, 0.29) is 37.5 Å². The number of hydrogen-bond donors (Lipinski definition) is 0. The zero-order valence-electron chi connectivity index (χ0n) is 44.0. The van der Waals surface area contributed by atoms with Crippen molar-refractivity contribution in [2.45, 2.75) is 219 Å². The molecule has 6 heteroatoms. The van der Waals surface area contributed by atoms with Crippen molar-refractivity contribution in [1.29, 1.82) is 0 Å². The number of carbonyl (C=O) groups is 3. The van der Waals surface area contributed by atoms with E-state index in [0.29, 0.717) is 19.3 Å². The standard InChI is InChI=1S/C63H98O6/c1-4-7-10-13-16-19-22-25-28-31-33-35-38-41-44-47-50-53-56-62(65)68-59-60(58-67-61(64)55-52-49-46-43-40-37-34-30-27-24-21-18-15-12-9-6-3)69-63(66)57-54-51-48-45-42-39-36-32-29-26-23-20-17-14-11-8-5-2/h8-9,11-12,14,17-18,20-23,25-33,35-36,39,42,60H,4-7,10,13,15-16,19,24,34,37-38,40-41,43-59H2,1-3H3/b11-8-,12-9-,17-14-,21-18-,23-20-,25-22-,29-26-,30-27-,31-28-,35-33-,36-32+,42-39-. The van der Waals surface area contributed by atoms with Crippen LogP contribution >= 0.6 is 0 Å². The third kappa shape index (κ3) is 54.1. The van der Waals surface area contributed by atoms with Crippen molar-refractivity contribution in [3.63, 3.8) is 0 Å². The van der Waals surface area contributed by atoms with Crippen LogP contribution in [0.1, 0.15) is 213 Å². The molecule has 0 amide bonds. The molecule has 0 aromatic carbocycles. The molecule has 1 atom stereocenters. The number of ether oxygens (including phenoxy) is 3. The van der Waals surface area contributed by atoms with E-state index in [1.54, 1.807) is 0 Å². The second-order valence-electron chi connectivity index (χ2n) is 17.6. The van der Waals surface area contributed by atoms with Crippen molar-refractivity contribution in [1.82, 2.24) is 0 Å². The summed E-state index contributed by atoms with van der Waals surface area (Å²) < 4.78 is 16.8. The fourth-order valence-corrected chi connectivity index (χ4v) is 6.96. The van der Waals surface area contributed by atoms with E-state index in [2.05, 4.69) is 106 Å². The Balaban J connectivity index is 4.58. The maximum atomic E-state index is 12.8. The van der Waals surface area contributed by atoms with E-state index in [1.165, 1.54) is 44.9 Å². The number of rotatable bonds is 47. The third-order valence-electron chi connectivity index (χ3n) is 11.0. The molecule has 0 aromatic rings. The number of allylic oxidation sites excluding steroid dienone is 24. The van der Waals surface area contributed by atoms with Crippen LogP contribution in [0.5, 0.6) is 0 Å². The highest BCUT2D eigenvalue weighted by Crippen LogP contribution is 2.13. The quantitative estimate of drug-likeness (QED) is 0.0199. The Bertz CT molecular complexity index is 1560. The molecule has 0 spiro atoms. The lowest BCUT2D eigenvalue weighted by Gasteiger charge is -2.18. The van der Waals surface area contributed by atoms with Gasteiger partial charge in [0.25, 0.3) is 0 Å². The lowest BCUT2D eigenvalue weighted by molar-refractivity contribution is -0.167. The highest BCUT2D eigenvalue weighted by atomic mass is 16.6. The number of hydrogen-bond acceptors (Lipinski definition) is 6. The summed E-state index contributed by atoms with van der Waals surface area (Å²) in [5.41, 5.74) is 0. The zero-order chi connectivity index (χ0) is 50.0. The maximum Gasteiger partial charge on any atom is 0.306 e. The van der Waals surface area contributed by atoms with E-state index in [1.807, 2.05) is 60.8 Å². The summed E-state index contributed by atoms with van der Waals surface area (Å²) in [6, 6.07) is 0. The summed E-state index contributed by atoms with van der Waals surface area (Å²) in [6.45, 7) is 6.28. The SMILES string of the molecule is CC\C=C/C=C\C=C/C=C\C=C\C=C/CCCCCC(=O)OC(COC(=O)CCCCCCC\C=C/C=C\C=C/CCCCCCC)COC(=O)CCCCCCCC/C=C\C/C=C\C/C=C\CC. The molecule has 0 aliphatic carbocycles. The molecular formula is C63H98O6. The highest BCUT2D eigenvalue weighted by molar-refractivity contribution is 5.71. The minimum absolute atomic E-state index is 0.116. The molecule has 0 aliphatic rings. The van der Waals surface area contributed by atoms with Gasteiger partial charge in [-0.25, -0.2) is 0 Å². The van der Waals surface area contributed by atoms with Crippen molar-refractivity contribution >= 4 is 17.9 Å². The molecule has 0 heterocycles. The molecule has 0 radical (unpaired) electrons. The Kier molecular flexibility index (Phi) is 52.1. The largest absolute Gasteiger partial charge is 0.462 e. The van der Waals surface area contributed by atoms with Crippen molar-refractivity contribution < 1.29 is 28.6 Å². The van der Waals surface area contributed by atoms with Gasteiger partial charge < -0.3 is 14.2 Å². The predicted molar refractivity (Wildman–Crippen MR) is 297 cm³/mol. The normalized spacial score (nSPS) is 13.3. The van der Waals surface area contributed by atoms with Crippen molar-refractivity contribution in [3.05, 3.63) is 146 Å². The molecule has 0 aliphatic heterocycles. The highest BCUT2D eigenvalue weighted by Gasteiger charge is 2.19. The number of unbranched alkanes of at least 4 members (excludes halogenated alkanes) is 19. The smallest absolute Gasteiger partial charge is 0.306 e. The maximum absolute atomic E-state index is 12.8. The van der Waals surface area contributed by atoms with Crippen molar-refractivity contribution in [3.8, 4) is 0 Å². The van der Waals surface area contributed by atoms with E-state index < -0.39 is 6.10 Å². The molecule has 0 rings (SSSR count). The van der Waals surface area contributed by atoms with E-state index in [4.69, 9.17) is 14.2 Å². The molecule has 0 saturated heterocycles. The third-order valence-corrected chi connectivity index (χ3v) is 11.0. The zero-order valence-corrected chi connectivity index (χ0v) is 44.0. The molecule has 69 heavy (non-hydrogen) atoms. The Labute approximate surface area is 423 Å². The van der Waals surface area contributed by atoms with Gasteiger partial charge in [-0.15, -0.1) is 0 Å². The summed E-state index contributed by atoms with van der Waals surface area (Å²) in [5, 5.41) is 0. The minimum Gasteiger partial charge on any atom is -0.462 e. The van der Waals surface area contributed by atoms with Gasteiger partial charge in [-0.3, -0.25) is 14.4 Å². The fourth-order valence-electron chi connectivity index (χ4n) is 6.96. The number of esters is 3. The first-order valence-corrected chi connectivity index (χ1v) is 27.5. The molecule has 0 fully saturated rings. The Hall–Kier alpha value is -4.71. The van der Waals surface area contributed by atoms with E-state index in [0.717, 1.165) is 122 Å². The van der Waals surface area contributed by atoms with Crippen LogP contribution in [0, 0.1) is 0 Å².